The smallest absolute Gasteiger partial charge is 0.319 e. The summed E-state index contributed by atoms with van der Waals surface area (Å²) in [5.74, 6) is 0. The fraction of sp³-hybridized carbons (Fsp3) is 0.300. The van der Waals surface area contributed by atoms with Crippen LogP contribution in [0, 0.1) is 0 Å². The summed E-state index contributed by atoms with van der Waals surface area (Å²) in [5.41, 5.74) is 0.529. The molecule has 1 aromatic carbocycles. The fourth-order valence-electron chi connectivity index (χ4n) is 1.07. The zero-order valence-electron chi connectivity index (χ0n) is 11.0. The van der Waals surface area contributed by atoms with Crippen molar-refractivity contribution < 1.29 is 29.4 Å². The van der Waals surface area contributed by atoms with E-state index in [4.69, 9.17) is 29.4 Å². The lowest BCUT2D eigenvalue weighted by Crippen LogP contribution is -2.20. The fourth-order valence-corrected chi connectivity index (χ4v) is 1.07. The number of fused-ring (bicyclic) bond motifs is 1. The summed E-state index contributed by atoms with van der Waals surface area (Å²) >= 11 is 7.21. The predicted molar refractivity (Wildman–Crippen MR) is 100 cm³/mol. The SMILES string of the molecule is C.C.Cn1nnc2ccccc2c1=O.OP(O)(O)=S.OP(O)(O)=S. The van der Waals surface area contributed by atoms with Crippen LogP contribution in [0.3, 0.4) is 0 Å². The van der Waals surface area contributed by atoms with E-state index < -0.39 is 13.4 Å². The summed E-state index contributed by atoms with van der Waals surface area (Å²) in [7, 11) is 1.59. The van der Waals surface area contributed by atoms with Gasteiger partial charge in [-0.1, -0.05) is 32.2 Å². The van der Waals surface area contributed by atoms with Crippen LogP contribution in [0.15, 0.2) is 29.1 Å². The van der Waals surface area contributed by atoms with Crippen LogP contribution < -0.4 is 5.56 Å². The molecule has 6 N–H and O–H groups in total. The zero-order valence-corrected chi connectivity index (χ0v) is 14.4. The number of hydrogen-bond acceptors (Lipinski definition) is 5. The van der Waals surface area contributed by atoms with Crippen LogP contribution in [0.25, 0.3) is 10.9 Å². The first kappa shape index (κ1) is 28.2. The van der Waals surface area contributed by atoms with Gasteiger partial charge in [-0.05, 0) is 35.7 Å². The van der Waals surface area contributed by atoms with E-state index in [0.29, 0.717) is 10.9 Å². The largest absolute Gasteiger partial charge is 0.325 e. The third-order valence-corrected chi connectivity index (χ3v) is 1.71. The van der Waals surface area contributed by atoms with Crippen molar-refractivity contribution in [3.8, 4) is 0 Å². The van der Waals surface area contributed by atoms with E-state index in [1.165, 1.54) is 4.68 Å². The number of rotatable bonds is 0. The second-order valence-corrected chi connectivity index (χ2v) is 8.55. The molecule has 2 aromatic rings. The molecule has 0 aliphatic carbocycles. The van der Waals surface area contributed by atoms with Crippen molar-refractivity contribution in [1.29, 1.82) is 0 Å². The molecule has 0 aliphatic rings. The molecule has 0 spiro atoms. The van der Waals surface area contributed by atoms with Crippen molar-refractivity contribution >= 4 is 48.0 Å². The molecule has 0 saturated heterocycles. The van der Waals surface area contributed by atoms with E-state index in [-0.39, 0.29) is 20.4 Å². The lowest BCUT2D eigenvalue weighted by Gasteiger charge is -1.96. The molecule has 10 nitrogen and oxygen atoms in total. The molecule has 0 atom stereocenters. The Balaban J connectivity index is -0.000000316. The maximum Gasteiger partial charge on any atom is 0.319 e. The van der Waals surface area contributed by atoms with Crippen LogP contribution in [-0.4, -0.2) is 44.4 Å². The number of nitrogens with zero attached hydrogens (tertiary/aromatic N) is 3. The maximum atomic E-state index is 11.4. The third-order valence-electron chi connectivity index (χ3n) is 1.71. The topological polar surface area (TPSA) is 169 Å². The van der Waals surface area contributed by atoms with Crippen LogP contribution in [0.5, 0.6) is 0 Å². The Morgan fingerprint density at radius 1 is 0.958 bits per heavy atom. The first-order valence-electron chi connectivity index (χ1n) is 5.14. The third kappa shape index (κ3) is 16.2. The molecule has 14 heteroatoms. The van der Waals surface area contributed by atoms with E-state index in [1.807, 2.05) is 12.1 Å². The van der Waals surface area contributed by atoms with Crippen molar-refractivity contribution in [3.63, 3.8) is 0 Å². The number of benzene rings is 1. The molecule has 1 heterocycles. The number of hydrogen-bond donors (Lipinski definition) is 6. The van der Waals surface area contributed by atoms with Crippen LogP contribution in [0.2, 0.25) is 0 Å². The Bertz CT molecular complexity index is 738. The van der Waals surface area contributed by atoms with Gasteiger partial charge in [-0.25, -0.2) is 4.68 Å². The second-order valence-electron chi connectivity index (χ2n) is 3.56. The summed E-state index contributed by atoms with van der Waals surface area (Å²) in [6.07, 6.45) is 0. The van der Waals surface area contributed by atoms with Gasteiger partial charge < -0.3 is 29.4 Å². The van der Waals surface area contributed by atoms with Crippen molar-refractivity contribution in [2.75, 3.05) is 0 Å². The van der Waals surface area contributed by atoms with Gasteiger partial charge in [-0.15, -0.1) is 5.10 Å². The molecule has 2 rings (SSSR count). The van der Waals surface area contributed by atoms with E-state index in [0.717, 1.165) is 0 Å². The molecule has 0 unspecified atom stereocenters. The van der Waals surface area contributed by atoms with Crippen molar-refractivity contribution in [2.24, 2.45) is 7.05 Å². The van der Waals surface area contributed by atoms with Gasteiger partial charge in [0.1, 0.15) is 5.52 Å². The van der Waals surface area contributed by atoms with Crippen LogP contribution in [-0.2, 0) is 30.7 Å². The molecule has 0 bridgehead atoms. The Morgan fingerprint density at radius 2 is 1.33 bits per heavy atom. The average Bonchev–Trinajstić information content (AvgIpc) is 2.30. The summed E-state index contributed by atoms with van der Waals surface area (Å²) in [6.45, 7) is -7.61. The molecule has 24 heavy (non-hydrogen) atoms. The minimum atomic E-state index is -3.81. The van der Waals surface area contributed by atoms with Gasteiger partial charge in [0, 0.05) is 7.05 Å². The molecule has 0 fully saturated rings. The van der Waals surface area contributed by atoms with Gasteiger partial charge in [-0.2, -0.15) is 0 Å². The lowest BCUT2D eigenvalue weighted by atomic mass is 10.2. The monoisotopic (exact) mass is 421 g/mol. The second kappa shape index (κ2) is 11.8. The molecular formula is C10H21N3O7P2S2. The summed E-state index contributed by atoms with van der Waals surface area (Å²) in [5, 5.41) is 8.12. The summed E-state index contributed by atoms with van der Waals surface area (Å²) < 4.78 is 1.22. The highest BCUT2D eigenvalue weighted by atomic mass is 32.5. The molecule has 0 saturated carbocycles. The average molecular weight is 421 g/mol. The zero-order chi connectivity index (χ0) is 17.6. The van der Waals surface area contributed by atoms with Crippen LogP contribution in [0.1, 0.15) is 14.9 Å². The molecular weight excluding hydrogens is 400 g/mol. The maximum absolute atomic E-state index is 11.4. The highest BCUT2D eigenvalue weighted by Crippen LogP contribution is 2.26. The normalized spacial score (nSPS) is 10.1. The summed E-state index contributed by atoms with van der Waals surface area (Å²) in [6, 6.07) is 7.15. The molecule has 0 aliphatic heterocycles. The highest BCUT2D eigenvalue weighted by molar-refractivity contribution is 8.06. The first-order valence-corrected chi connectivity index (χ1v) is 10.5. The Hall–Kier alpha value is -0.650. The summed E-state index contributed by atoms with van der Waals surface area (Å²) in [4.78, 5) is 56.7. The van der Waals surface area contributed by atoms with Crippen molar-refractivity contribution in [2.45, 2.75) is 14.9 Å². The van der Waals surface area contributed by atoms with Gasteiger partial charge >= 0.3 is 13.4 Å². The minimum Gasteiger partial charge on any atom is -0.325 e. The molecule has 1 aromatic heterocycles. The first-order chi connectivity index (χ1) is 9.79. The predicted octanol–water partition coefficient (Wildman–Crippen LogP) is -0.0237. The quantitative estimate of drug-likeness (QED) is 0.316. The van der Waals surface area contributed by atoms with E-state index in [9.17, 15) is 4.79 Å². The van der Waals surface area contributed by atoms with Gasteiger partial charge in [0.05, 0.1) is 5.39 Å². The molecule has 0 amide bonds. The minimum absolute atomic E-state index is 0. The lowest BCUT2D eigenvalue weighted by molar-refractivity contribution is 0.361. The van der Waals surface area contributed by atoms with Crippen molar-refractivity contribution in [3.05, 3.63) is 34.6 Å². The van der Waals surface area contributed by atoms with Gasteiger partial charge in [0.25, 0.3) is 5.56 Å². The number of aryl methyl sites for hydroxylation is 1. The van der Waals surface area contributed by atoms with E-state index >= 15 is 0 Å². The Kier molecular flexibility index (Phi) is 13.9. The van der Waals surface area contributed by atoms with E-state index in [2.05, 4.69) is 33.9 Å². The van der Waals surface area contributed by atoms with Crippen LogP contribution >= 0.6 is 13.4 Å². The van der Waals surface area contributed by atoms with Crippen molar-refractivity contribution in [1.82, 2.24) is 15.0 Å². The van der Waals surface area contributed by atoms with Crippen LogP contribution in [0.4, 0.5) is 0 Å². The van der Waals surface area contributed by atoms with Gasteiger partial charge in [-0.3, -0.25) is 4.79 Å². The molecule has 140 valence electrons. The Morgan fingerprint density at radius 3 is 1.75 bits per heavy atom. The molecule has 0 radical (unpaired) electrons. The van der Waals surface area contributed by atoms with Gasteiger partial charge in [0.15, 0.2) is 0 Å². The van der Waals surface area contributed by atoms with Gasteiger partial charge in [0.2, 0.25) is 0 Å². The highest BCUT2D eigenvalue weighted by Gasteiger charge is 1.99. The van der Waals surface area contributed by atoms with E-state index in [1.54, 1.807) is 19.2 Å². The Labute approximate surface area is 149 Å². The number of aromatic nitrogens is 3. The standard InChI is InChI=1S/C8H7N3O.2CH4.2H3O3PS/c1-11-8(12)6-4-2-3-5-7(6)9-10-11;;;2*1-4(2,3)5/h2-5H,1H3;2*1H4;2*(H3,1,2,3,5).